The van der Waals surface area contributed by atoms with Gasteiger partial charge in [-0.25, -0.2) is 4.98 Å². The Morgan fingerprint density at radius 2 is 1.59 bits per heavy atom. The molecule has 0 atom stereocenters. The first-order chi connectivity index (χ1) is 13.3. The first kappa shape index (κ1) is 17.4. The lowest BCUT2D eigenvalue weighted by Crippen LogP contribution is -2.01. The van der Waals surface area contributed by atoms with Gasteiger partial charge in [-0.15, -0.1) is 22.0 Å². The van der Waals surface area contributed by atoms with Gasteiger partial charge >= 0.3 is 0 Å². The number of nitrogens with two attached hydrogens (primary N) is 1. The first-order valence-electron chi connectivity index (χ1n) is 8.49. The predicted octanol–water partition coefficient (Wildman–Crippen LogP) is 3.91. The second kappa shape index (κ2) is 8.11. The van der Waals surface area contributed by atoms with Crippen LogP contribution in [0.15, 0.2) is 76.3 Å². The average Bonchev–Trinajstić information content (AvgIpc) is 3.24. The van der Waals surface area contributed by atoms with E-state index in [0.717, 1.165) is 27.5 Å². The van der Waals surface area contributed by atoms with Crippen molar-refractivity contribution in [2.45, 2.75) is 4.90 Å². The Kier molecular flexibility index (Phi) is 5.22. The van der Waals surface area contributed by atoms with Gasteiger partial charge in [-0.05, 0) is 18.2 Å². The van der Waals surface area contributed by atoms with Gasteiger partial charge in [0.25, 0.3) is 5.89 Å². The fourth-order valence-electron chi connectivity index (χ4n) is 2.60. The number of aromatic nitrogens is 4. The van der Waals surface area contributed by atoms with E-state index in [1.807, 2.05) is 48.5 Å². The topological polar surface area (TPSA) is 90.7 Å². The largest absolute Gasteiger partial charge is 0.415 e. The zero-order chi connectivity index (χ0) is 18.5. The molecule has 2 aromatic heterocycles. The van der Waals surface area contributed by atoms with Crippen LogP contribution in [0.3, 0.4) is 0 Å². The summed E-state index contributed by atoms with van der Waals surface area (Å²) in [5.74, 6) is 1.64. The minimum Gasteiger partial charge on any atom is -0.415 e. The van der Waals surface area contributed by atoms with Gasteiger partial charge in [-0.3, -0.25) is 4.98 Å². The van der Waals surface area contributed by atoms with Gasteiger partial charge in [0.1, 0.15) is 5.69 Å². The maximum Gasteiger partial charge on any atom is 0.268 e. The maximum absolute atomic E-state index is 5.80. The summed E-state index contributed by atoms with van der Waals surface area (Å²) in [6, 6.07) is 17.7. The Hall–Kier alpha value is -3.03. The number of nitrogens with zero attached hydrogens (tertiary/aromatic N) is 4. The lowest BCUT2D eigenvalue weighted by Gasteiger charge is -2.08. The molecule has 0 unspecified atom stereocenters. The first-order valence-corrected chi connectivity index (χ1v) is 9.47. The molecule has 134 valence electrons. The van der Waals surface area contributed by atoms with Crippen molar-refractivity contribution < 1.29 is 4.42 Å². The molecule has 7 heteroatoms. The zero-order valence-corrected chi connectivity index (χ0v) is 15.3. The minimum absolute atomic E-state index is 0.343. The highest BCUT2D eigenvalue weighted by Crippen LogP contribution is 2.31. The lowest BCUT2D eigenvalue weighted by atomic mass is 10.1. The highest BCUT2D eigenvalue weighted by molar-refractivity contribution is 7.99. The summed E-state index contributed by atoms with van der Waals surface area (Å²) < 4.78 is 5.80. The molecule has 0 saturated heterocycles. The molecular weight excluding hydrogens is 358 g/mol. The fourth-order valence-corrected chi connectivity index (χ4v) is 3.44. The Balaban J connectivity index is 1.67. The molecule has 0 aliphatic rings. The summed E-state index contributed by atoms with van der Waals surface area (Å²) in [6.45, 7) is 0.620. The summed E-state index contributed by atoms with van der Waals surface area (Å²) in [5, 5.41) is 8.25. The SMILES string of the molecule is NCCSc1ccccc1-c1cncc(-c2nnc(-c3ccccc3)o2)n1. The molecule has 2 heterocycles. The van der Waals surface area contributed by atoms with Crippen molar-refractivity contribution in [3.8, 4) is 34.3 Å². The van der Waals surface area contributed by atoms with Crippen LogP contribution >= 0.6 is 11.8 Å². The normalized spacial score (nSPS) is 10.9. The van der Waals surface area contributed by atoms with Gasteiger partial charge in [-0.1, -0.05) is 36.4 Å². The van der Waals surface area contributed by atoms with Crippen molar-refractivity contribution in [1.82, 2.24) is 20.2 Å². The van der Waals surface area contributed by atoms with Crippen molar-refractivity contribution in [1.29, 1.82) is 0 Å². The standard InChI is InChI=1S/C20H17N5OS/c21-10-11-27-18-9-5-4-8-15(18)16-12-22-13-17(23-16)20-25-24-19(26-20)14-6-2-1-3-7-14/h1-9,12-13H,10-11,21H2. The highest BCUT2D eigenvalue weighted by atomic mass is 32.2. The van der Waals surface area contributed by atoms with E-state index < -0.39 is 0 Å². The van der Waals surface area contributed by atoms with Crippen LogP contribution in [-0.2, 0) is 0 Å². The summed E-state index contributed by atoms with van der Waals surface area (Å²) >= 11 is 1.70. The second-order valence-electron chi connectivity index (χ2n) is 5.70. The van der Waals surface area contributed by atoms with Crippen molar-refractivity contribution in [3.63, 3.8) is 0 Å². The van der Waals surface area contributed by atoms with Crippen LogP contribution < -0.4 is 5.73 Å². The van der Waals surface area contributed by atoms with E-state index in [1.165, 1.54) is 0 Å². The van der Waals surface area contributed by atoms with E-state index in [0.29, 0.717) is 24.0 Å². The smallest absolute Gasteiger partial charge is 0.268 e. The van der Waals surface area contributed by atoms with Gasteiger partial charge in [0.15, 0.2) is 0 Å². The summed E-state index contributed by atoms with van der Waals surface area (Å²) in [7, 11) is 0. The Labute approximate surface area is 160 Å². The van der Waals surface area contributed by atoms with E-state index >= 15 is 0 Å². The van der Waals surface area contributed by atoms with Crippen LogP contribution in [-0.4, -0.2) is 32.5 Å². The number of hydrogen-bond acceptors (Lipinski definition) is 7. The van der Waals surface area contributed by atoms with Crippen LogP contribution in [0.25, 0.3) is 34.3 Å². The summed E-state index contributed by atoms with van der Waals surface area (Å²) in [4.78, 5) is 10.1. The fraction of sp³-hybridized carbons (Fsp3) is 0.100. The molecule has 0 saturated carbocycles. The van der Waals surface area contributed by atoms with Crippen molar-refractivity contribution in [3.05, 3.63) is 67.0 Å². The van der Waals surface area contributed by atoms with Gasteiger partial charge < -0.3 is 10.2 Å². The van der Waals surface area contributed by atoms with E-state index in [-0.39, 0.29) is 0 Å². The number of benzene rings is 2. The molecule has 6 nitrogen and oxygen atoms in total. The van der Waals surface area contributed by atoms with Crippen LogP contribution in [0.4, 0.5) is 0 Å². The van der Waals surface area contributed by atoms with Crippen LogP contribution in [0.5, 0.6) is 0 Å². The van der Waals surface area contributed by atoms with Gasteiger partial charge in [-0.2, -0.15) is 0 Å². The molecule has 0 radical (unpaired) electrons. The second-order valence-corrected chi connectivity index (χ2v) is 6.84. The maximum atomic E-state index is 5.80. The lowest BCUT2D eigenvalue weighted by molar-refractivity contribution is 0.582. The quantitative estimate of drug-likeness (QED) is 0.511. The molecule has 0 bridgehead atoms. The zero-order valence-electron chi connectivity index (χ0n) is 14.4. The van der Waals surface area contributed by atoms with Gasteiger partial charge in [0.05, 0.1) is 18.1 Å². The third kappa shape index (κ3) is 3.89. The van der Waals surface area contributed by atoms with E-state index in [1.54, 1.807) is 24.2 Å². The van der Waals surface area contributed by atoms with Gasteiger partial charge in [0.2, 0.25) is 5.89 Å². The molecule has 27 heavy (non-hydrogen) atoms. The molecule has 4 rings (SSSR count). The molecule has 0 aliphatic carbocycles. The van der Waals surface area contributed by atoms with Crippen molar-refractivity contribution >= 4 is 11.8 Å². The molecule has 0 fully saturated rings. The van der Waals surface area contributed by atoms with Crippen molar-refractivity contribution in [2.75, 3.05) is 12.3 Å². The Morgan fingerprint density at radius 1 is 0.852 bits per heavy atom. The molecule has 4 aromatic rings. The third-order valence-electron chi connectivity index (χ3n) is 3.84. The number of hydrogen-bond donors (Lipinski definition) is 1. The number of thioether (sulfide) groups is 1. The Bertz CT molecular complexity index is 1040. The summed E-state index contributed by atoms with van der Waals surface area (Å²) in [6.07, 6.45) is 3.36. The average molecular weight is 375 g/mol. The number of rotatable bonds is 6. The summed E-state index contributed by atoms with van der Waals surface area (Å²) in [5.41, 5.74) is 8.81. The van der Waals surface area contributed by atoms with E-state index in [4.69, 9.17) is 10.2 Å². The molecular formula is C20H17N5OS. The van der Waals surface area contributed by atoms with Gasteiger partial charge in [0, 0.05) is 28.3 Å². The van der Waals surface area contributed by atoms with Crippen LogP contribution in [0.1, 0.15) is 0 Å². The third-order valence-corrected chi connectivity index (χ3v) is 4.94. The molecule has 0 amide bonds. The molecule has 2 N–H and O–H groups in total. The molecule has 0 spiro atoms. The Morgan fingerprint density at radius 3 is 2.44 bits per heavy atom. The predicted molar refractivity (Wildman–Crippen MR) is 106 cm³/mol. The minimum atomic E-state index is 0.343. The monoisotopic (exact) mass is 375 g/mol. The molecule has 2 aromatic carbocycles. The van der Waals surface area contributed by atoms with Crippen LogP contribution in [0, 0.1) is 0 Å². The highest BCUT2D eigenvalue weighted by Gasteiger charge is 2.14. The van der Waals surface area contributed by atoms with Crippen molar-refractivity contribution in [2.24, 2.45) is 5.73 Å². The van der Waals surface area contributed by atoms with Crippen LogP contribution in [0.2, 0.25) is 0 Å². The molecule has 0 aliphatic heterocycles. The van der Waals surface area contributed by atoms with E-state index in [2.05, 4.69) is 26.2 Å². The van der Waals surface area contributed by atoms with E-state index in [9.17, 15) is 0 Å².